The molecule has 0 spiro atoms. The van der Waals surface area contributed by atoms with Crippen LogP contribution in [0.2, 0.25) is 0 Å². The Morgan fingerprint density at radius 2 is 2.12 bits per heavy atom. The molecule has 1 amide bonds. The molecule has 3 nitrogen and oxygen atoms in total. The molecule has 2 N–H and O–H groups in total. The Morgan fingerprint density at radius 1 is 1.41 bits per heavy atom. The van der Waals surface area contributed by atoms with Crippen LogP contribution in [0.25, 0.3) is 0 Å². The molecule has 0 bridgehead atoms. The summed E-state index contributed by atoms with van der Waals surface area (Å²) in [5.41, 5.74) is 0.572. The zero-order valence-corrected chi connectivity index (χ0v) is 10.3. The second kappa shape index (κ2) is 7.01. The van der Waals surface area contributed by atoms with Gasteiger partial charge in [0.05, 0.1) is 6.04 Å². The van der Waals surface area contributed by atoms with E-state index in [1.54, 1.807) is 25.1 Å². The molecule has 1 unspecified atom stereocenters. The van der Waals surface area contributed by atoms with Crippen molar-refractivity contribution in [2.75, 3.05) is 6.54 Å². The van der Waals surface area contributed by atoms with E-state index in [1.165, 1.54) is 6.07 Å². The van der Waals surface area contributed by atoms with Gasteiger partial charge in [-0.25, -0.2) is 4.39 Å². The predicted molar refractivity (Wildman–Crippen MR) is 66.0 cm³/mol. The molecular formula is C13H19FN2O. The number of carbonyl (C=O) groups is 1. The Hall–Kier alpha value is -1.42. The lowest BCUT2D eigenvalue weighted by Crippen LogP contribution is -2.42. The zero-order chi connectivity index (χ0) is 12.7. The summed E-state index contributed by atoms with van der Waals surface area (Å²) in [7, 11) is 0. The van der Waals surface area contributed by atoms with Gasteiger partial charge in [-0.1, -0.05) is 25.1 Å². The summed E-state index contributed by atoms with van der Waals surface area (Å²) in [6.45, 7) is 4.79. The highest BCUT2D eigenvalue weighted by Gasteiger charge is 2.11. The Bertz CT molecular complexity index is 368. The van der Waals surface area contributed by atoms with Gasteiger partial charge in [0.25, 0.3) is 0 Å². The molecule has 94 valence electrons. The van der Waals surface area contributed by atoms with Crippen molar-refractivity contribution in [3.8, 4) is 0 Å². The van der Waals surface area contributed by atoms with E-state index in [4.69, 9.17) is 0 Å². The molecule has 4 heteroatoms. The summed E-state index contributed by atoms with van der Waals surface area (Å²) in [5, 5.41) is 5.78. The molecule has 0 saturated carbocycles. The first-order valence-corrected chi connectivity index (χ1v) is 5.89. The van der Waals surface area contributed by atoms with Crippen molar-refractivity contribution in [3.63, 3.8) is 0 Å². The SMILES string of the molecule is CCCNC(=O)C(C)NCc1ccccc1F. The molecule has 0 radical (unpaired) electrons. The lowest BCUT2D eigenvalue weighted by atomic mass is 10.2. The minimum absolute atomic E-state index is 0.0526. The van der Waals surface area contributed by atoms with Crippen LogP contribution in [0.3, 0.4) is 0 Å². The van der Waals surface area contributed by atoms with Gasteiger partial charge in [-0.2, -0.15) is 0 Å². The van der Waals surface area contributed by atoms with Gasteiger partial charge >= 0.3 is 0 Å². The monoisotopic (exact) mass is 238 g/mol. The number of hydrogen-bond donors (Lipinski definition) is 2. The summed E-state index contributed by atoms with van der Waals surface area (Å²) >= 11 is 0. The highest BCUT2D eigenvalue weighted by molar-refractivity contribution is 5.81. The summed E-state index contributed by atoms with van der Waals surface area (Å²) in [4.78, 5) is 11.5. The van der Waals surface area contributed by atoms with Crippen molar-refractivity contribution in [1.82, 2.24) is 10.6 Å². The van der Waals surface area contributed by atoms with Crippen LogP contribution in [0.1, 0.15) is 25.8 Å². The zero-order valence-electron chi connectivity index (χ0n) is 10.3. The van der Waals surface area contributed by atoms with Gasteiger partial charge in [-0.3, -0.25) is 4.79 Å². The first kappa shape index (κ1) is 13.6. The smallest absolute Gasteiger partial charge is 0.236 e. The first-order valence-electron chi connectivity index (χ1n) is 5.89. The van der Waals surface area contributed by atoms with Crippen LogP contribution in [0.4, 0.5) is 4.39 Å². The molecule has 0 aliphatic carbocycles. The summed E-state index contributed by atoms with van der Waals surface area (Å²) in [6.07, 6.45) is 0.909. The van der Waals surface area contributed by atoms with Gasteiger partial charge in [0.1, 0.15) is 5.82 Å². The largest absolute Gasteiger partial charge is 0.355 e. The second-order valence-electron chi connectivity index (χ2n) is 3.99. The fourth-order valence-electron chi connectivity index (χ4n) is 1.40. The highest BCUT2D eigenvalue weighted by atomic mass is 19.1. The van der Waals surface area contributed by atoms with Crippen LogP contribution >= 0.6 is 0 Å². The molecule has 0 heterocycles. The van der Waals surface area contributed by atoms with Crippen LogP contribution in [0.15, 0.2) is 24.3 Å². The van der Waals surface area contributed by atoms with E-state index in [0.29, 0.717) is 18.7 Å². The minimum Gasteiger partial charge on any atom is -0.355 e. The lowest BCUT2D eigenvalue weighted by Gasteiger charge is -2.13. The van der Waals surface area contributed by atoms with Crippen molar-refractivity contribution < 1.29 is 9.18 Å². The second-order valence-corrected chi connectivity index (χ2v) is 3.99. The average Bonchev–Trinajstić information content (AvgIpc) is 2.34. The van der Waals surface area contributed by atoms with Crippen molar-refractivity contribution in [2.45, 2.75) is 32.9 Å². The summed E-state index contributed by atoms with van der Waals surface area (Å²) < 4.78 is 13.3. The van der Waals surface area contributed by atoms with Crippen molar-refractivity contribution in [3.05, 3.63) is 35.6 Å². The third-order valence-electron chi connectivity index (χ3n) is 2.50. The fraction of sp³-hybridized carbons (Fsp3) is 0.462. The van der Waals surface area contributed by atoms with Gasteiger partial charge in [0.2, 0.25) is 5.91 Å². The van der Waals surface area contributed by atoms with Crippen molar-refractivity contribution >= 4 is 5.91 Å². The van der Waals surface area contributed by atoms with E-state index in [1.807, 2.05) is 6.92 Å². The minimum atomic E-state index is -0.318. The predicted octanol–water partition coefficient (Wildman–Crippen LogP) is 1.83. The average molecular weight is 238 g/mol. The number of hydrogen-bond acceptors (Lipinski definition) is 2. The number of halogens is 1. The van der Waals surface area contributed by atoms with Crippen LogP contribution < -0.4 is 10.6 Å². The molecule has 0 saturated heterocycles. The van der Waals surface area contributed by atoms with E-state index in [9.17, 15) is 9.18 Å². The Kier molecular flexibility index (Phi) is 5.63. The standard InChI is InChI=1S/C13H19FN2O/c1-3-8-15-13(17)10(2)16-9-11-6-4-5-7-12(11)14/h4-7,10,16H,3,8-9H2,1-2H3,(H,15,17). The Labute approximate surface area is 101 Å². The number of carbonyl (C=O) groups excluding carboxylic acids is 1. The Morgan fingerprint density at radius 3 is 2.76 bits per heavy atom. The number of benzene rings is 1. The van der Waals surface area contributed by atoms with Crippen LogP contribution in [0.5, 0.6) is 0 Å². The van der Waals surface area contributed by atoms with Crippen molar-refractivity contribution in [1.29, 1.82) is 0 Å². The van der Waals surface area contributed by atoms with E-state index in [-0.39, 0.29) is 17.8 Å². The quantitative estimate of drug-likeness (QED) is 0.794. The van der Waals surface area contributed by atoms with E-state index in [2.05, 4.69) is 10.6 Å². The maximum Gasteiger partial charge on any atom is 0.236 e. The molecule has 0 aromatic heterocycles. The molecule has 1 rings (SSSR count). The number of amides is 1. The van der Waals surface area contributed by atoms with Crippen molar-refractivity contribution in [2.24, 2.45) is 0 Å². The molecule has 1 atom stereocenters. The maximum absolute atomic E-state index is 13.3. The lowest BCUT2D eigenvalue weighted by molar-refractivity contribution is -0.122. The molecule has 1 aromatic rings. The van der Waals surface area contributed by atoms with E-state index in [0.717, 1.165) is 6.42 Å². The number of rotatable bonds is 6. The topological polar surface area (TPSA) is 41.1 Å². The molecular weight excluding hydrogens is 219 g/mol. The van der Waals surface area contributed by atoms with Gasteiger partial charge in [0, 0.05) is 18.7 Å². The fourth-order valence-corrected chi connectivity index (χ4v) is 1.40. The molecule has 17 heavy (non-hydrogen) atoms. The molecule has 0 aliphatic heterocycles. The summed E-state index contributed by atoms with van der Waals surface area (Å²) in [5.74, 6) is -0.302. The third-order valence-corrected chi connectivity index (χ3v) is 2.50. The van der Waals surface area contributed by atoms with Crippen LogP contribution in [-0.2, 0) is 11.3 Å². The Balaban J connectivity index is 2.40. The maximum atomic E-state index is 13.3. The highest BCUT2D eigenvalue weighted by Crippen LogP contribution is 2.05. The van der Waals surface area contributed by atoms with E-state index < -0.39 is 0 Å². The molecule has 0 aliphatic rings. The van der Waals surface area contributed by atoms with E-state index >= 15 is 0 Å². The molecule has 1 aromatic carbocycles. The van der Waals surface area contributed by atoms with Crippen LogP contribution in [-0.4, -0.2) is 18.5 Å². The van der Waals surface area contributed by atoms with Gasteiger partial charge in [0.15, 0.2) is 0 Å². The van der Waals surface area contributed by atoms with Gasteiger partial charge in [-0.15, -0.1) is 0 Å². The van der Waals surface area contributed by atoms with Gasteiger partial charge < -0.3 is 10.6 Å². The first-order chi connectivity index (χ1) is 8.15. The number of nitrogens with one attached hydrogen (secondary N) is 2. The summed E-state index contributed by atoms with van der Waals surface area (Å²) in [6, 6.07) is 6.23. The molecule has 0 fully saturated rings. The van der Waals surface area contributed by atoms with Crippen LogP contribution in [0, 0.1) is 5.82 Å². The third kappa shape index (κ3) is 4.53. The van der Waals surface area contributed by atoms with Gasteiger partial charge in [-0.05, 0) is 19.4 Å². The normalized spacial score (nSPS) is 12.2.